The van der Waals surface area contributed by atoms with Crippen molar-refractivity contribution in [2.75, 3.05) is 5.32 Å². The maximum Gasteiger partial charge on any atom is 0.230 e. The molecule has 0 bridgehead atoms. The number of nitrogens with zero attached hydrogens (tertiary/aromatic N) is 4. The highest BCUT2D eigenvalue weighted by Gasteiger charge is 2.47. The van der Waals surface area contributed by atoms with Crippen LogP contribution in [0.25, 0.3) is 22.3 Å². The molecule has 4 aromatic rings. The number of hydrogen-bond acceptors (Lipinski definition) is 8. The number of anilines is 1. The Bertz CT molecular complexity index is 1740. The molecule has 1 saturated heterocycles. The van der Waals surface area contributed by atoms with Gasteiger partial charge in [-0.05, 0) is 68.4 Å². The number of para-hydroxylation sites is 2. The molecule has 2 aliphatic carbocycles. The predicted octanol–water partition coefficient (Wildman–Crippen LogP) is 4.21. The topological polar surface area (TPSA) is 136 Å². The van der Waals surface area contributed by atoms with Gasteiger partial charge >= 0.3 is 0 Å². The Morgan fingerprint density at radius 1 is 0.952 bits per heavy atom. The second kappa shape index (κ2) is 10.6. The summed E-state index contributed by atoms with van der Waals surface area (Å²) >= 11 is 0. The molecule has 2 unspecified atom stereocenters. The average Bonchev–Trinajstić information content (AvgIpc) is 3.54. The van der Waals surface area contributed by atoms with Crippen LogP contribution in [0.15, 0.2) is 61.1 Å². The fourth-order valence-electron chi connectivity index (χ4n) is 6.48. The van der Waals surface area contributed by atoms with Gasteiger partial charge in [0.25, 0.3) is 0 Å². The largest absolute Gasteiger partial charge is 0.382 e. The second-order valence-electron chi connectivity index (χ2n) is 11.6. The highest BCUT2D eigenvalue weighted by molar-refractivity contribution is 6.28. The summed E-state index contributed by atoms with van der Waals surface area (Å²) < 4.78 is 1.96. The third kappa shape index (κ3) is 4.87. The third-order valence-electron chi connectivity index (χ3n) is 8.78. The van der Waals surface area contributed by atoms with Crippen LogP contribution >= 0.6 is 0 Å². The molecule has 1 aliphatic heterocycles. The Labute approximate surface area is 241 Å². The van der Waals surface area contributed by atoms with E-state index in [4.69, 9.17) is 4.98 Å². The average molecular weight is 563 g/mol. The number of piperidine rings is 1. The minimum Gasteiger partial charge on any atom is -0.382 e. The lowest BCUT2D eigenvalue weighted by Crippen LogP contribution is -2.46. The Balaban J connectivity index is 0.893. The number of hydrogen-bond donors (Lipinski definition) is 2. The van der Waals surface area contributed by atoms with Crippen molar-refractivity contribution in [3.8, 4) is 11.3 Å². The Kier molecular flexibility index (Phi) is 6.60. The van der Waals surface area contributed by atoms with Crippen molar-refractivity contribution in [2.24, 2.45) is 17.8 Å². The minimum atomic E-state index is -1.04. The molecule has 2 N–H and O–H groups in total. The zero-order valence-corrected chi connectivity index (χ0v) is 23.0. The van der Waals surface area contributed by atoms with Gasteiger partial charge in [-0.15, -0.1) is 0 Å². The molecule has 1 saturated carbocycles. The van der Waals surface area contributed by atoms with Gasteiger partial charge in [0.05, 0.1) is 41.0 Å². The van der Waals surface area contributed by atoms with E-state index in [9.17, 15) is 19.2 Å². The van der Waals surface area contributed by atoms with Gasteiger partial charge < -0.3 is 5.32 Å². The summed E-state index contributed by atoms with van der Waals surface area (Å²) in [6, 6.07) is 13.4. The lowest BCUT2D eigenvalue weighted by atomic mass is 9.77. The van der Waals surface area contributed by atoms with Gasteiger partial charge in [0.2, 0.25) is 11.8 Å². The summed E-state index contributed by atoms with van der Waals surface area (Å²) in [6.45, 7) is 0.838. The summed E-state index contributed by atoms with van der Waals surface area (Å²) in [4.78, 5) is 59.2. The van der Waals surface area contributed by atoms with E-state index >= 15 is 0 Å². The molecule has 2 aromatic heterocycles. The van der Waals surface area contributed by atoms with Crippen LogP contribution in [-0.2, 0) is 16.1 Å². The number of carbonyl (C=O) groups excluding carboxylic acids is 4. The van der Waals surface area contributed by atoms with Crippen molar-refractivity contribution in [3.63, 3.8) is 0 Å². The number of carbonyl (C=O) groups is 4. The van der Waals surface area contributed by atoms with Gasteiger partial charge in [-0.2, -0.15) is 5.10 Å². The standard InChI is InChI=1S/C32H30N6O4/c39-28-10-9-23(32(42)37-28)29-30(40)22-8-7-20(14-24(22)31(29)41)35-21-12-18(13-21)4-3-11-38-17-19(15-34-38)27-16-33-25-5-1-2-6-26(25)36-27/h1-2,5-8,14-18,21,23,29,35H,3-4,9-13H2,(H,37,39,42). The van der Waals surface area contributed by atoms with Gasteiger partial charge in [0.15, 0.2) is 11.6 Å². The summed E-state index contributed by atoms with van der Waals surface area (Å²) in [7, 11) is 0. The highest BCUT2D eigenvalue weighted by Crippen LogP contribution is 2.38. The fraction of sp³-hybridized carbons (Fsp3) is 0.344. The molecular weight excluding hydrogens is 532 g/mol. The monoisotopic (exact) mass is 562 g/mol. The molecule has 2 fully saturated rings. The number of ketones is 2. The van der Waals surface area contributed by atoms with Crippen LogP contribution in [0.3, 0.4) is 0 Å². The number of amides is 2. The summed E-state index contributed by atoms with van der Waals surface area (Å²) in [6.07, 6.45) is 10.2. The summed E-state index contributed by atoms with van der Waals surface area (Å²) in [5.74, 6) is -2.75. The maximum absolute atomic E-state index is 13.1. The number of imide groups is 1. The molecule has 0 spiro atoms. The van der Waals surface area contributed by atoms with E-state index in [-0.39, 0.29) is 30.3 Å². The predicted molar refractivity (Wildman–Crippen MR) is 155 cm³/mol. The van der Waals surface area contributed by atoms with Crippen LogP contribution in [0.5, 0.6) is 0 Å². The van der Waals surface area contributed by atoms with E-state index in [1.807, 2.05) is 47.4 Å². The first-order valence-electron chi connectivity index (χ1n) is 14.5. The Morgan fingerprint density at radius 2 is 1.76 bits per heavy atom. The molecular formula is C32H30N6O4. The van der Waals surface area contributed by atoms with Crippen molar-refractivity contribution < 1.29 is 19.2 Å². The number of benzene rings is 2. The number of Topliss-reactive ketones (excluding diaryl/α,β-unsaturated/α-hetero) is 2. The lowest BCUT2D eigenvalue weighted by molar-refractivity contribution is -0.137. The number of aromatic nitrogens is 4. The van der Waals surface area contributed by atoms with Crippen molar-refractivity contribution in [2.45, 2.75) is 51.1 Å². The van der Waals surface area contributed by atoms with Crippen LogP contribution in [0, 0.1) is 17.8 Å². The number of aryl methyl sites for hydroxylation is 1. The highest BCUT2D eigenvalue weighted by atomic mass is 16.2. The van der Waals surface area contributed by atoms with E-state index in [0.717, 1.165) is 60.2 Å². The van der Waals surface area contributed by atoms with Crippen molar-refractivity contribution >= 4 is 40.1 Å². The molecule has 3 aliphatic rings. The van der Waals surface area contributed by atoms with E-state index in [1.165, 1.54) is 0 Å². The smallest absolute Gasteiger partial charge is 0.230 e. The molecule has 2 amide bonds. The zero-order chi connectivity index (χ0) is 28.8. The number of fused-ring (bicyclic) bond motifs is 2. The number of nitrogens with one attached hydrogen (secondary N) is 2. The quantitative estimate of drug-likeness (QED) is 0.241. The molecule has 2 atom stereocenters. The molecule has 7 rings (SSSR count). The molecule has 0 radical (unpaired) electrons. The molecule has 3 heterocycles. The van der Waals surface area contributed by atoms with Crippen LogP contribution in [0.4, 0.5) is 5.69 Å². The normalized spacial score (nSPS) is 23.5. The zero-order valence-electron chi connectivity index (χ0n) is 23.0. The SMILES string of the molecule is O=C1CCC(C2C(=O)c3ccc(NC4CC(CCCn5cc(-c6cnc7ccccc7n6)cn5)C4)cc3C2=O)C(=O)N1. The van der Waals surface area contributed by atoms with Crippen LogP contribution < -0.4 is 10.6 Å². The van der Waals surface area contributed by atoms with Gasteiger partial charge in [0, 0.05) is 47.6 Å². The van der Waals surface area contributed by atoms with E-state index in [0.29, 0.717) is 23.1 Å². The minimum absolute atomic E-state index is 0.142. The third-order valence-corrected chi connectivity index (χ3v) is 8.78. The molecule has 42 heavy (non-hydrogen) atoms. The summed E-state index contributed by atoms with van der Waals surface area (Å²) in [5.41, 5.74) is 5.05. The molecule has 10 nitrogen and oxygen atoms in total. The summed E-state index contributed by atoms with van der Waals surface area (Å²) in [5, 5.41) is 10.3. The molecule has 10 heteroatoms. The van der Waals surface area contributed by atoms with Gasteiger partial charge in [-0.3, -0.25) is 34.2 Å². The van der Waals surface area contributed by atoms with Crippen LogP contribution in [0.1, 0.15) is 59.2 Å². The van der Waals surface area contributed by atoms with Crippen LogP contribution in [-0.4, -0.2) is 49.2 Å². The van der Waals surface area contributed by atoms with Crippen molar-refractivity contribution in [3.05, 3.63) is 72.2 Å². The first kappa shape index (κ1) is 26.2. The first-order chi connectivity index (χ1) is 20.4. The van der Waals surface area contributed by atoms with E-state index < -0.39 is 17.7 Å². The first-order valence-corrected chi connectivity index (χ1v) is 14.5. The Hall–Kier alpha value is -4.73. The van der Waals surface area contributed by atoms with Gasteiger partial charge in [0.1, 0.15) is 0 Å². The van der Waals surface area contributed by atoms with E-state index in [1.54, 1.807) is 18.3 Å². The molecule has 212 valence electrons. The second-order valence-corrected chi connectivity index (χ2v) is 11.6. The lowest BCUT2D eigenvalue weighted by Gasteiger charge is -2.36. The van der Waals surface area contributed by atoms with Crippen molar-refractivity contribution in [1.82, 2.24) is 25.1 Å². The number of rotatable bonds is 8. The van der Waals surface area contributed by atoms with Crippen LogP contribution in [0.2, 0.25) is 0 Å². The van der Waals surface area contributed by atoms with E-state index in [2.05, 4.69) is 20.7 Å². The molecule has 2 aromatic carbocycles. The van der Waals surface area contributed by atoms with Gasteiger partial charge in [-0.25, -0.2) is 4.98 Å². The van der Waals surface area contributed by atoms with Crippen molar-refractivity contribution in [1.29, 1.82) is 0 Å². The fourth-order valence-corrected chi connectivity index (χ4v) is 6.48. The van der Waals surface area contributed by atoms with Gasteiger partial charge in [-0.1, -0.05) is 12.1 Å². The Morgan fingerprint density at radius 3 is 2.60 bits per heavy atom. The maximum atomic E-state index is 13.1.